The van der Waals surface area contributed by atoms with E-state index in [1.807, 2.05) is 0 Å². The first kappa shape index (κ1) is 17.8. The first-order chi connectivity index (χ1) is 12.0. The zero-order valence-corrected chi connectivity index (χ0v) is 15.0. The Morgan fingerprint density at radius 2 is 1.68 bits per heavy atom. The van der Waals surface area contributed by atoms with Crippen LogP contribution in [0.5, 0.6) is 0 Å². The van der Waals surface area contributed by atoms with E-state index in [9.17, 15) is 14.4 Å². The molecular formula is C18H26N2O5. The van der Waals surface area contributed by atoms with Crippen molar-refractivity contribution in [3.05, 3.63) is 11.1 Å². The van der Waals surface area contributed by atoms with Crippen molar-refractivity contribution in [2.24, 2.45) is 0 Å². The van der Waals surface area contributed by atoms with Crippen molar-refractivity contribution in [2.45, 2.75) is 51.6 Å². The lowest BCUT2D eigenvalue weighted by molar-refractivity contribution is -0.150. The molecule has 0 radical (unpaired) electrons. The van der Waals surface area contributed by atoms with Gasteiger partial charge in [0.05, 0.1) is 12.2 Å². The monoisotopic (exact) mass is 350 g/mol. The lowest BCUT2D eigenvalue weighted by Gasteiger charge is -2.38. The van der Waals surface area contributed by atoms with Crippen LogP contribution in [0.15, 0.2) is 11.1 Å². The molecule has 3 rings (SSSR count). The highest BCUT2D eigenvalue weighted by molar-refractivity contribution is 6.07. The molecule has 0 atom stereocenters. The Balaban J connectivity index is 1.72. The first-order valence-corrected chi connectivity index (χ1v) is 9.14. The molecule has 0 aromatic heterocycles. The first-order valence-electron chi connectivity index (χ1n) is 9.14. The second kappa shape index (κ2) is 7.06. The van der Waals surface area contributed by atoms with Crippen molar-refractivity contribution in [3.63, 3.8) is 0 Å². The molecule has 0 aromatic carbocycles. The van der Waals surface area contributed by atoms with Gasteiger partial charge in [0.25, 0.3) is 5.91 Å². The van der Waals surface area contributed by atoms with Crippen LogP contribution in [0.4, 0.5) is 4.79 Å². The van der Waals surface area contributed by atoms with Crippen LogP contribution in [-0.2, 0) is 19.1 Å². The maximum atomic E-state index is 13.1. The molecule has 1 saturated carbocycles. The molecule has 0 bridgehead atoms. The predicted molar refractivity (Wildman–Crippen MR) is 89.8 cm³/mol. The van der Waals surface area contributed by atoms with Gasteiger partial charge in [-0.05, 0) is 39.5 Å². The quantitative estimate of drug-likeness (QED) is 0.711. The van der Waals surface area contributed by atoms with Crippen molar-refractivity contribution in [1.29, 1.82) is 0 Å². The number of ether oxygens (including phenoxy) is 2. The van der Waals surface area contributed by atoms with Crippen LogP contribution >= 0.6 is 0 Å². The summed E-state index contributed by atoms with van der Waals surface area (Å²) in [4.78, 5) is 40.4. The molecule has 3 aliphatic rings. The molecule has 25 heavy (non-hydrogen) atoms. The maximum absolute atomic E-state index is 13.1. The summed E-state index contributed by atoms with van der Waals surface area (Å²) in [5, 5.41) is 0. The highest BCUT2D eigenvalue weighted by atomic mass is 16.6. The van der Waals surface area contributed by atoms with Crippen LogP contribution in [0.1, 0.15) is 46.0 Å². The fraction of sp³-hybridized carbons (Fsp3) is 0.722. The number of hydrogen-bond donors (Lipinski definition) is 0. The number of esters is 1. The molecule has 138 valence electrons. The van der Waals surface area contributed by atoms with Gasteiger partial charge < -0.3 is 19.3 Å². The normalized spacial score (nSPS) is 23.0. The number of amides is 2. The van der Waals surface area contributed by atoms with E-state index < -0.39 is 5.60 Å². The van der Waals surface area contributed by atoms with Gasteiger partial charge in [-0.15, -0.1) is 0 Å². The largest absolute Gasteiger partial charge is 0.451 e. The summed E-state index contributed by atoms with van der Waals surface area (Å²) in [5.41, 5.74) is 0.260. The van der Waals surface area contributed by atoms with Crippen molar-refractivity contribution < 1.29 is 23.9 Å². The highest BCUT2D eigenvalue weighted by Gasteiger charge is 2.50. The van der Waals surface area contributed by atoms with Crippen LogP contribution in [0.25, 0.3) is 0 Å². The fourth-order valence-corrected chi connectivity index (χ4v) is 4.04. The molecule has 2 aliphatic heterocycles. The summed E-state index contributed by atoms with van der Waals surface area (Å²) >= 11 is 0. The van der Waals surface area contributed by atoms with E-state index in [1.165, 1.54) is 0 Å². The second-order valence-electron chi connectivity index (χ2n) is 6.92. The second-order valence-corrected chi connectivity index (χ2v) is 6.92. The Hall–Kier alpha value is -2.05. The van der Waals surface area contributed by atoms with Gasteiger partial charge in [-0.2, -0.15) is 0 Å². The minimum Gasteiger partial charge on any atom is -0.451 e. The number of carbonyl (C=O) groups is 3. The van der Waals surface area contributed by atoms with Crippen LogP contribution in [-0.4, -0.2) is 66.2 Å². The van der Waals surface area contributed by atoms with E-state index in [0.29, 0.717) is 43.9 Å². The van der Waals surface area contributed by atoms with Gasteiger partial charge in [0.2, 0.25) is 0 Å². The Bertz CT molecular complexity index is 599. The van der Waals surface area contributed by atoms with E-state index in [4.69, 9.17) is 9.47 Å². The average molecular weight is 350 g/mol. The number of rotatable bonds is 2. The molecule has 0 N–H and O–H groups in total. The minimum atomic E-state index is -0.727. The van der Waals surface area contributed by atoms with Crippen molar-refractivity contribution in [2.75, 3.05) is 32.8 Å². The Labute approximate surface area is 147 Å². The SMILES string of the molecule is CCOC(=O)N1CCN(C(=O)C2=C(C)C(=O)OC23CCCCC3)CC1. The zero-order chi connectivity index (χ0) is 18.0. The standard InChI is InChI=1S/C18H26N2O5/c1-3-24-17(23)20-11-9-19(10-12-20)15(21)14-13(2)16(22)25-18(14)7-5-4-6-8-18/h3-12H2,1-2H3. The van der Waals surface area contributed by atoms with E-state index in [1.54, 1.807) is 23.6 Å². The van der Waals surface area contributed by atoms with Gasteiger partial charge in [0, 0.05) is 31.8 Å². The van der Waals surface area contributed by atoms with Crippen LogP contribution in [0, 0.1) is 0 Å². The predicted octanol–water partition coefficient (Wildman–Crippen LogP) is 1.86. The molecule has 0 aromatic rings. The average Bonchev–Trinajstić information content (AvgIpc) is 2.85. The minimum absolute atomic E-state index is 0.117. The van der Waals surface area contributed by atoms with Crippen LogP contribution in [0.3, 0.4) is 0 Å². The lowest BCUT2D eigenvalue weighted by atomic mass is 9.78. The third-order valence-corrected chi connectivity index (χ3v) is 5.39. The van der Waals surface area contributed by atoms with E-state index >= 15 is 0 Å². The third kappa shape index (κ3) is 3.24. The number of nitrogens with zero attached hydrogens (tertiary/aromatic N) is 2. The number of piperazine rings is 1. The van der Waals surface area contributed by atoms with Gasteiger partial charge in [0.1, 0.15) is 5.60 Å². The summed E-state index contributed by atoms with van der Waals surface area (Å²) in [5.74, 6) is -0.482. The summed E-state index contributed by atoms with van der Waals surface area (Å²) in [7, 11) is 0. The summed E-state index contributed by atoms with van der Waals surface area (Å²) < 4.78 is 10.7. The van der Waals surface area contributed by atoms with E-state index in [0.717, 1.165) is 32.1 Å². The molecule has 1 spiro atoms. The Morgan fingerprint density at radius 1 is 1.08 bits per heavy atom. The smallest absolute Gasteiger partial charge is 0.409 e. The zero-order valence-electron chi connectivity index (χ0n) is 15.0. The molecule has 0 unspecified atom stereocenters. The third-order valence-electron chi connectivity index (χ3n) is 5.39. The molecule has 7 heteroatoms. The summed E-state index contributed by atoms with van der Waals surface area (Å²) in [6, 6.07) is 0. The topological polar surface area (TPSA) is 76.2 Å². The van der Waals surface area contributed by atoms with Crippen molar-refractivity contribution in [3.8, 4) is 0 Å². The van der Waals surface area contributed by atoms with Gasteiger partial charge in [0.15, 0.2) is 0 Å². The molecular weight excluding hydrogens is 324 g/mol. The Morgan fingerprint density at radius 3 is 2.28 bits per heavy atom. The molecule has 2 heterocycles. The van der Waals surface area contributed by atoms with Crippen molar-refractivity contribution >= 4 is 18.0 Å². The summed E-state index contributed by atoms with van der Waals surface area (Å²) in [6.07, 6.45) is 4.15. The van der Waals surface area contributed by atoms with E-state index in [2.05, 4.69) is 0 Å². The molecule has 2 amide bonds. The Kier molecular flexibility index (Phi) is 5.01. The van der Waals surface area contributed by atoms with Gasteiger partial charge in [-0.25, -0.2) is 9.59 Å². The van der Waals surface area contributed by atoms with Gasteiger partial charge >= 0.3 is 12.1 Å². The van der Waals surface area contributed by atoms with Gasteiger partial charge in [-0.1, -0.05) is 6.42 Å². The highest BCUT2D eigenvalue weighted by Crippen LogP contribution is 2.44. The molecule has 7 nitrogen and oxygen atoms in total. The van der Waals surface area contributed by atoms with Crippen LogP contribution in [0.2, 0.25) is 0 Å². The number of hydrogen-bond acceptors (Lipinski definition) is 5. The molecule has 1 saturated heterocycles. The summed E-state index contributed by atoms with van der Waals surface area (Å²) in [6.45, 7) is 5.57. The van der Waals surface area contributed by atoms with E-state index in [-0.39, 0.29) is 18.0 Å². The lowest BCUT2D eigenvalue weighted by Crippen LogP contribution is -2.52. The molecule has 2 fully saturated rings. The fourth-order valence-electron chi connectivity index (χ4n) is 4.04. The maximum Gasteiger partial charge on any atom is 0.409 e. The van der Waals surface area contributed by atoms with Crippen molar-refractivity contribution in [1.82, 2.24) is 9.80 Å². The van der Waals surface area contributed by atoms with Gasteiger partial charge in [-0.3, -0.25) is 4.79 Å². The molecule has 1 aliphatic carbocycles. The number of carbonyl (C=O) groups excluding carboxylic acids is 3. The van der Waals surface area contributed by atoms with Crippen LogP contribution < -0.4 is 0 Å².